The van der Waals surface area contributed by atoms with Gasteiger partial charge in [-0.3, -0.25) is 0 Å². The third kappa shape index (κ3) is 1.05. The fraction of sp³-hybridized carbons (Fsp3) is 0.625. The molecular weight excluding hydrogens is 140 g/mol. The molecule has 1 saturated carbocycles. The minimum Gasteiger partial charge on any atom is -0.448 e. The number of hydrogen-bond acceptors (Lipinski definition) is 3. The van der Waals surface area contributed by atoms with Gasteiger partial charge in [-0.25, -0.2) is 4.98 Å². The molecule has 0 amide bonds. The van der Waals surface area contributed by atoms with E-state index in [-0.39, 0.29) is 5.41 Å². The third-order valence-electron chi connectivity index (χ3n) is 2.43. The summed E-state index contributed by atoms with van der Waals surface area (Å²) in [5, 5.41) is 0. The molecule has 1 fully saturated rings. The molecule has 2 N–H and O–H groups in total. The molecule has 11 heavy (non-hydrogen) atoms. The lowest BCUT2D eigenvalue weighted by molar-refractivity contribution is 0.434. The van der Waals surface area contributed by atoms with E-state index in [9.17, 15) is 0 Å². The molecule has 0 aromatic carbocycles. The minimum absolute atomic E-state index is 0.269. The van der Waals surface area contributed by atoms with Gasteiger partial charge in [-0.15, -0.1) is 0 Å². The van der Waals surface area contributed by atoms with Crippen LogP contribution in [0.5, 0.6) is 0 Å². The maximum Gasteiger partial charge on any atom is 0.180 e. The van der Waals surface area contributed by atoms with E-state index in [0.717, 1.165) is 18.7 Å². The van der Waals surface area contributed by atoms with Crippen LogP contribution < -0.4 is 5.73 Å². The Morgan fingerprint density at radius 2 is 2.45 bits per heavy atom. The molecule has 0 radical (unpaired) electrons. The maximum atomic E-state index is 5.50. The zero-order valence-electron chi connectivity index (χ0n) is 6.42. The van der Waals surface area contributed by atoms with Crippen molar-refractivity contribution in [2.24, 2.45) is 5.73 Å². The highest BCUT2D eigenvalue weighted by atomic mass is 16.3. The summed E-state index contributed by atoms with van der Waals surface area (Å²) in [6.45, 7) is 0.737. The molecule has 3 nitrogen and oxygen atoms in total. The Labute approximate surface area is 65.6 Å². The van der Waals surface area contributed by atoms with Gasteiger partial charge in [-0.2, -0.15) is 0 Å². The fourth-order valence-electron chi connectivity index (χ4n) is 1.52. The number of nitrogens with zero attached hydrogens (tertiary/aromatic N) is 1. The van der Waals surface area contributed by atoms with Crippen molar-refractivity contribution in [1.82, 2.24) is 4.98 Å². The number of hydrogen-bond donors (Lipinski definition) is 1. The quantitative estimate of drug-likeness (QED) is 0.704. The van der Waals surface area contributed by atoms with Gasteiger partial charge in [0.15, 0.2) is 6.39 Å². The van der Waals surface area contributed by atoms with E-state index >= 15 is 0 Å². The normalized spacial score (nSPS) is 20.1. The van der Waals surface area contributed by atoms with Crippen LogP contribution in [0.3, 0.4) is 0 Å². The molecule has 3 heteroatoms. The fourth-order valence-corrected chi connectivity index (χ4v) is 1.52. The van der Waals surface area contributed by atoms with E-state index in [4.69, 9.17) is 10.2 Å². The van der Waals surface area contributed by atoms with Crippen LogP contribution in [-0.4, -0.2) is 11.5 Å². The van der Waals surface area contributed by atoms with Crippen LogP contribution in [0.4, 0.5) is 0 Å². The lowest BCUT2D eigenvalue weighted by Gasteiger charge is -2.07. The summed E-state index contributed by atoms with van der Waals surface area (Å²) in [6, 6.07) is 0. The average molecular weight is 152 g/mol. The van der Waals surface area contributed by atoms with Gasteiger partial charge in [0.25, 0.3) is 0 Å². The first-order valence-electron chi connectivity index (χ1n) is 3.96. The molecule has 2 rings (SSSR count). The minimum atomic E-state index is 0.269. The van der Waals surface area contributed by atoms with Gasteiger partial charge in [0.1, 0.15) is 5.76 Å². The van der Waals surface area contributed by atoms with Crippen LogP contribution in [0, 0.1) is 0 Å². The zero-order valence-corrected chi connectivity index (χ0v) is 6.42. The molecule has 0 saturated heterocycles. The highest BCUT2D eigenvalue weighted by molar-refractivity contribution is 5.19. The van der Waals surface area contributed by atoms with Crippen molar-refractivity contribution in [3.8, 4) is 0 Å². The zero-order chi connectivity index (χ0) is 7.73. The van der Waals surface area contributed by atoms with Crippen LogP contribution in [0.15, 0.2) is 17.0 Å². The van der Waals surface area contributed by atoms with Gasteiger partial charge in [-0.1, -0.05) is 0 Å². The van der Waals surface area contributed by atoms with E-state index in [1.54, 1.807) is 0 Å². The second-order valence-electron chi connectivity index (χ2n) is 3.18. The van der Waals surface area contributed by atoms with Crippen LogP contribution in [0.1, 0.15) is 25.0 Å². The average Bonchev–Trinajstić information content (AvgIpc) is 2.63. The van der Waals surface area contributed by atoms with Gasteiger partial charge in [0.2, 0.25) is 0 Å². The molecule has 0 bridgehead atoms. The molecular formula is C8H12N2O. The molecule has 1 heterocycles. The van der Waals surface area contributed by atoms with Gasteiger partial charge < -0.3 is 10.2 Å². The molecule has 0 spiro atoms. The summed E-state index contributed by atoms with van der Waals surface area (Å²) >= 11 is 0. The van der Waals surface area contributed by atoms with Crippen molar-refractivity contribution >= 4 is 0 Å². The van der Waals surface area contributed by atoms with Gasteiger partial charge in [0.05, 0.1) is 6.20 Å². The van der Waals surface area contributed by atoms with Crippen LogP contribution in [0.25, 0.3) is 0 Å². The topological polar surface area (TPSA) is 52.0 Å². The molecule has 1 aliphatic rings. The van der Waals surface area contributed by atoms with Crippen LogP contribution >= 0.6 is 0 Å². The summed E-state index contributed by atoms with van der Waals surface area (Å²) in [5.41, 5.74) is 5.77. The lowest BCUT2D eigenvalue weighted by Crippen LogP contribution is -2.12. The van der Waals surface area contributed by atoms with Crippen LogP contribution in [0.2, 0.25) is 0 Å². The third-order valence-corrected chi connectivity index (χ3v) is 2.43. The second-order valence-corrected chi connectivity index (χ2v) is 3.18. The summed E-state index contributed by atoms with van der Waals surface area (Å²) in [6.07, 6.45) is 6.75. The Hall–Kier alpha value is -0.830. The number of aromatic nitrogens is 1. The van der Waals surface area contributed by atoms with E-state index in [0.29, 0.717) is 0 Å². The molecule has 1 aliphatic carbocycles. The summed E-state index contributed by atoms with van der Waals surface area (Å²) < 4.78 is 5.25. The van der Waals surface area contributed by atoms with Crippen molar-refractivity contribution < 1.29 is 4.42 Å². The molecule has 60 valence electrons. The van der Waals surface area contributed by atoms with E-state index in [1.165, 1.54) is 19.2 Å². The summed E-state index contributed by atoms with van der Waals surface area (Å²) in [5.74, 6) is 1.02. The van der Waals surface area contributed by atoms with Crippen molar-refractivity contribution in [1.29, 1.82) is 0 Å². The molecule has 1 aromatic rings. The van der Waals surface area contributed by atoms with Crippen molar-refractivity contribution in [3.63, 3.8) is 0 Å². The molecule has 1 aromatic heterocycles. The van der Waals surface area contributed by atoms with Crippen molar-refractivity contribution in [3.05, 3.63) is 18.4 Å². The Bertz CT molecular complexity index is 226. The predicted molar refractivity (Wildman–Crippen MR) is 41.1 cm³/mol. The smallest absolute Gasteiger partial charge is 0.180 e. The Kier molecular flexibility index (Phi) is 1.46. The van der Waals surface area contributed by atoms with E-state index in [2.05, 4.69) is 4.98 Å². The van der Waals surface area contributed by atoms with Gasteiger partial charge in [0, 0.05) is 5.41 Å². The number of oxazole rings is 1. The molecule has 0 aliphatic heterocycles. The number of rotatable bonds is 3. The lowest BCUT2D eigenvalue weighted by atomic mass is 10.0. The Balaban J connectivity index is 2.15. The first-order valence-corrected chi connectivity index (χ1v) is 3.96. The summed E-state index contributed by atoms with van der Waals surface area (Å²) in [7, 11) is 0. The van der Waals surface area contributed by atoms with Crippen LogP contribution in [-0.2, 0) is 5.41 Å². The SMILES string of the molecule is NCCC1(c2cnco2)CC1. The molecule has 0 unspecified atom stereocenters. The molecule has 0 atom stereocenters. The van der Waals surface area contributed by atoms with Crippen molar-refractivity contribution in [2.45, 2.75) is 24.7 Å². The monoisotopic (exact) mass is 152 g/mol. The number of nitrogens with two attached hydrogens (primary N) is 1. The first kappa shape index (κ1) is 6.85. The highest BCUT2D eigenvalue weighted by Gasteiger charge is 2.46. The standard InChI is InChI=1S/C8H12N2O/c9-4-3-8(1-2-8)7-5-10-6-11-7/h5-6H,1-4,9H2. The summed E-state index contributed by atoms with van der Waals surface area (Å²) in [4.78, 5) is 3.90. The Morgan fingerprint density at radius 3 is 2.91 bits per heavy atom. The highest BCUT2D eigenvalue weighted by Crippen LogP contribution is 2.50. The van der Waals surface area contributed by atoms with Gasteiger partial charge >= 0.3 is 0 Å². The van der Waals surface area contributed by atoms with E-state index < -0.39 is 0 Å². The maximum absolute atomic E-state index is 5.50. The van der Waals surface area contributed by atoms with Gasteiger partial charge in [-0.05, 0) is 25.8 Å². The second kappa shape index (κ2) is 2.34. The first-order chi connectivity index (χ1) is 5.37. The van der Waals surface area contributed by atoms with Crippen molar-refractivity contribution in [2.75, 3.05) is 6.54 Å². The largest absolute Gasteiger partial charge is 0.448 e. The Morgan fingerprint density at radius 1 is 1.64 bits per heavy atom. The van der Waals surface area contributed by atoms with E-state index in [1.807, 2.05) is 6.20 Å². The predicted octanol–water partition coefficient (Wildman–Crippen LogP) is 1.06.